The van der Waals surface area contributed by atoms with E-state index in [1.165, 1.54) is 57.3 Å². The Balaban J connectivity index is 1.01. The van der Waals surface area contributed by atoms with Gasteiger partial charge >= 0.3 is 0 Å². The molecule has 2 bridgehead atoms. The number of hydrogen-bond donors (Lipinski definition) is 2. The molecular weight excluding hydrogens is 474 g/mol. The lowest BCUT2D eigenvalue weighted by atomic mass is 9.93. The van der Waals surface area contributed by atoms with Gasteiger partial charge in [-0.3, -0.25) is 4.90 Å². The van der Waals surface area contributed by atoms with Gasteiger partial charge in [-0.05, 0) is 81.0 Å². The average Bonchev–Trinajstić information content (AvgIpc) is 3.66. The van der Waals surface area contributed by atoms with Crippen molar-refractivity contribution in [1.82, 2.24) is 29.6 Å². The number of aryl methyl sites for hydroxylation is 1. The van der Waals surface area contributed by atoms with E-state index in [0.717, 1.165) is 79.4 Å². The van der Waals surface area contributed by atoms with Crippen molar-refractivity contribution in [2.24, 2.45) is 11.8 Å². The van der Waals surface area contributed by atoms with Crippen LogP contribution >= 0.6 is 0 Å². The van der Waals surface area contributed by atoms with E-state index >= 15 is 0 Å². The van der Waals surface area contributed by atoms with Crippen molar-refractivity contribution >= 4 is 23.3 Å². The SMILES string of the molecule is Nc1nc(Nc2ccc(N3CCN(C4CC5CCC4C5)CC3)cc2)nn1-c1ncnc2c1CCCCCC2. The summed E-state index contributed by atoms with van der Waals surface area (Å²) in [4.78, 5) is 18.9. The van der Waals surface area contributed by atoms with Gasteiger partial charge in [-0.1, -0.05) is 19.3 Å². The van der Waals surface area contributed by atoms with Gasteiger partial charge in [-0.2, -0.15) is 9.67 Å². The van der Waals surface area contributed by atoms with E-state index < -0.39 is 0 Å². The Morgan fingerprint density at radius 2 is 1.68 bits per heavy atom. The molecule has 3 aliphatic carbocycles. The summed E-state index contributed by atoms with van der Waals surface area (Å²) >= 11 is 0. The van der Waals surface area contributed by atoms with Crippen molar-refractivity contribution in [2.75, 3.05) is 42.1 Å². The Labute approximate surface area is 224 Å². The standard InChI is InChI=1S/C29H39N9/c30-28-34-29(35-38(28)27-24-5-3-1-2-4-6-25(24)31-19-32-27)33-22-9-11-23(12-10-22)36-13-15-37(16-14-36)26-18-20-7-8-21(26)17-20/h9-12,19-21,26H,1-8,13-18H2,(H3,30,33,34,35). The van der Waals surface area contributed by atoms with Crippen LogP contribution in [-0.4, -0.2) is 61.9 Å². The predicted molar refractivity (Wildman–Crippen MR) is 150 cm³/mol. The lowest BCUT2D eigenvalue weighted by molar-refractivity contribution is 0.135. The number of fused-ring (bicyclic) bond motifs is 3. The van der Waals surface area contributed by atoms with Gasteiger partial charge in [0.25, 0.3) is 0 Å². The molecule has 1 aliphatic heterocycles. The maximum absolute atomic E-state index is 6.31. The van der Waals surface area contributed by atoms with Crippen molar-refractivity contribution in [2.45, 2.75) is 70.3 Å². The Bertz CT molecular complexity index is 1260. The topological polar surface area (TPSA) is 101 Å². The molecule has 2 saturated carbocycles. The highest BCUT2D eigenvalue weighted by molar-refractivity contribution is 5.60. The fourth-order valence-electron chi connectivity index (χ4n) is 7.43. The van der Waals surface area contributed by atoms with E-state index in [0.29, 0.717) is 11.9 Å². The van der Waals surface area contributed by atoms with Gasteiger partial charge in [-0.15, -0.1) is 5.10 Å². The fraction of sp³-hybridized carbons (Fsp3) is 0.586. The third kappa shape index (κ3) is 4.61. The number of anilines is 4. The Kier molecular flexibility index (Phi) is 6.39. The molecule has 3 aromatic rings. The van der Waals surface area contributed by atoms with Gasteiger partial charge in [0.1, 0.15) is 6.33 Å². The van der Waals surface area contributed by atoms with E-state index in [-0.39, 0.29) is 0 Å². The number of nitrogen functional groups attached to an aromatic ring is 1. The Hall–Kier alpha value is -3.20. The molecule has 1 saturated heterocycles. The minimum Gasteiger partial charge on any atom is -0.369 e. The molecule has 9 nitrogen and oxygen atoms in total. The summed E-state index contributed by atoms with van der Waals surface area (Å²) in [5.74, 6) is 3.56. The highest BCUT2D eigenvalue weighted by Crippen LogP contribution is 2.46. The molecule has 3 N–H and O–H groups in total. The van der Waals surface area contributed by atoms with Crippen LogP contribution in [0, 0.1) is 11.8 Å². The summed E-state index contributed by atoms with van der Waals surface area (Å²) in [6, 6.07) is 9.46. The lowest BCUT2D eigenvalue weighted by Crippen LogP contribution is -2.51. The largest absolute Gasteiger partial charge is 0.369 e. The van der Waals surface area contributed by atoms with E-state index in [1.807, 2.05) is 0 Å². The van der Waals surface area contributed by atoms with Crippen molar-refractivity contribution in [3.8, 4) is 5.82 Å². The first-order valence-corrected chi connectivity index (χ1v) is 14.6. The number of nitrogens with zero attached hydrogens (tertiary/aromatic N) is 7. The van der Waals surface area contributed by atoms with Crippen molar-refractivity contribution in [3.05, 3.63) is 41.9 Å². The minimum absolute atomic E-state index is 0.334. The van der Waals surface area contributed by atoms with Crippen LogP contribution in [0.15, 0.2) is 30.6 Å². The molecule has 2 aromatic heterocycles. The van der Waals surface area contributed by atoms with Crippen LogP contribution in [0.3, 0.4) is 0 Å². The first-order chi connectivity index (χ1) is 18.7. The third-order valence-corrected chi connectivity index (χ3v) is 9.41. The Morgan fingerprint density at radius 3 is 2.45 bits per heavy atom. The van der Waals surface area contributed by atoms with Crippen LogP contribution in [0.2, 0.25) is 0 Å². The molecule has 3 unspecified atom stereocenters. The second kappa shape index (κ2) is 10.2. The van der Waals surface area contributed by atoms with Gasteiger partial charge in [0.05, 0.1) is 0 Å². The molecule has 7 rings (SSSR count). The quantitative estimate of drug-likeness (QED) is 0.519. The van der Waals surface area contributed by atoms with Crippen molar-refractivity contribution in [1.29, 1.82) is 0 Å². The fourth-order valence-corrected chi connectivity index (χ4v) is 7.43. The first-order valence-electron chi connectivity index (χ1n) is 14.6. The summed E-state index contributed by atoms with van der Waals surface area (Å²) in [5, 5.41) is 8.01. The second-order valence-corrected chi connectivity index (χ2v) is 11.7. The van der Waals surface area contributed by atoms with Crippen LogP contribution < -0.4 is 16.0 Å². The normalized spacial score (nSPS) is 25.7. The molecule has 3 fully saturated rings. The van der Waals surface area contributed by atoms with Gasteiger partial charge in [0.2, 0.25) is 11.9 Å². The smallest absolute Gasteiger partial charge is 0.248 e. The molecule has 1 aromatic carbocycles. The highest BCUT2D eigenvalue weighted by atomic mass is 15.4. The summed E-state index contributed by atoms with van der Waals surface area (Å²) in [6.07, 6.45) is 14.2. The van der Waals surface area contributed by atoms with Crippen LogP contribution in [0.4, 0.5) is 23.3 Å². The minimum atomic E-state index is 0.334. The van der Waals surface area contributed by atoms with Gasteiger partial charge in [-0.25, -0.2) is 9.97 Å². The summed E-state index contributed by atoms with van der Waals surface area (Å²) < 4.78 is 1.66. The molecule has 4 aliphatic rings. The van der Waals surface area contributed by atoms with Crippen LogP contribution in [-0.2, 0) is 12.8 Å². The van der Waals surface area contributed by atoms with Crippen LogP contribution in [0.25, 0.3) is 5.82 Å². The summed E-state index contributed by atoms with van der Waals surface area (Å²) in [7, 11) is 0. The maximum atomic E-state index is 6.31. The highest BCUT2D eigenvalue weighted by Gasteiger charge is 2.42. The monoisotopic (exact) mass is 513 g/mol. The van der Waals surface area contributed by atoms with Crippen LogP contribution in [0.5, 0.6) is 0 Å². The van der Waals surface area contributed by atoms with Gasteiger partial charge in [0.15, 0.2) is 5.82 Å². The second-order valence-electron chi connectivity index (χ2n) is 11.7. The predicted octanol–water partition coefficient (Wildman–Crippen LogP) is 4.35. The van der Waals surface area contributed by atoms with Crippen LogP contribution in [0.1, 0.15) is 62.6 Å². The summed E-state index contributed by atoms with van der Waals surface area (Å²) in [6.45, 7) is 4.57. The number of rotatable bonds is 5. The number of hydrogen-bond acceptors (Lipinski definition) is 8. The van der Waals surface area contributed by atoms with E-state index in [4.69, 9.17) is 5.73 Å². The van der Waals surface area contributed by atoms with Gasteiger partial charge in [0, 0.05) is 54.9 Å². The van der Waals surface area contributed by atoms with Crippen molar-refractivity contribution < 1.29 is 0 Å². The number of aromatic nitrogens is 5. The molecule has 0 radical (unpaired) electrons. The maximum Gasteiger partial charge on any atom is 0.248 e. The zero-order valence-electron chi connectivity index (χ0n) is 22.2. The molecular formula is C29H39N9. The molecule has 0 amide bonds. The zero-order chi connectivity index (χ0) is 25.5. The number of nitrogens with one attached hydrogen (secondary N) is 1. The molecule has 38 heavy (non-hydrogen) atoms. The molecule has 3 atom stereocenters. The van der Waals surface area contributed by atoms with E-state index in [1.54, 1.807) is 11.0 Å². The average molecular weight is 514 g/mol. The number of nitrogens with two attached hydrogens (primary N) is 1. The molecule has 3 heterocycles. The Morgan fingerprint density at radius 1 is 0.868 bits per heavy atom. The molecule has 9 heteroatoms. The summed E-state index contributed by atoms with van der Waals surface area (Å²) in [5.41, 5.74) is 10.8. The number of benzene rings is 1. The van der Waals surface area contributed by atoms with Crippen molar-refractivity contribution in [3.63, 3.8) is 0 Å². The third-order valence-electron chi connectivity index (χ3n) is 9.41. The van der Waals surface area contributed by atoms with E-state index in [2.05, 4.69) is 59.4 Å². The first kappa shape index (κ1) is 23.9. The lowest BCUT2D eigenvalue weighted by Gasteiger charge is -2.41. The zero-order valence-corrected chi connectivity index (χ0v) is 22.2. The van der Waals surface area contributed by atoms with E-state index in [9.17, 15) is 0 Å². The number of piperazine rings is 1. The molecule has 200 valence electrons. The van der Waals surface area contributed by atoms with Gasteiger partial charge < -0.3 is 16.0 Å². The molecule has 0 spiro atoms.